The van der Waals surface area contributed by atoms with Crippen LogP contribution in [-0.4, -0.2) is 43.1 Å². The summed E-state index contributed by atoms with van der Waals surface area (Å²) >= 11 is 6.02. The number of carbonyl (C=O) groups excluding carboxylic acids is 1. The highest BCUT2D eigenvalue weighted by atomic mass is 35.5. The van der Waals surface area contributed by atoms with Crippen LogP contribution in [0.5, 0.6) is 5.75 Å². The number of fused-ring (bicyclic) bond motifs is 1. The third kappa shape index (κ3) is 3.44. The Morgan fingerprint density at radius 2 is 2.29 bits per heavy atom. The quantitative estimate of drug-likeness (QED) is 0.857. The molecule has 1 aromatic rings. The first-order valence-electron chi connectivity index (χ1n) is 7.07. The summed E-state index contributed by atoms with van der Waals surface area (Å²) < 4.78 is 5.72. The molecule has 1 aromatic carbocycles. The molecule has 2 aliphatic rings. The molecule has 0 bridgehead atoms. The lowest BCUT2D eigenvalue weighted by Crippen LogP contribution is -2.54. The molecule has 116 valence electrons. The monoisotopic (exact) mass is 330 g/mol. The third-order valence-electron chi connectivity index (χ3n) is 4.06. The Labute approximate surface area is 136 Å². The number of ether oxygens (including phenoxy) is 1. The highest BCUT2D eigenvalue weighted by Gasteiger charge is 2.32. The van der Waals surface area contributed by atoms with Gasteiger partial charge in [-0.1, -0.05) is 11.6 Å². The second kappa shape index (κ2) is 6.86. The number of piperazine rings is 1. The number of hydrogen-bond donors (Lipinski definition) is 1. The van der Waals surface area contributed by atoms with Crippen LogP contribution in [0.1, 0.15) is 12.5 Å². The molecular weight excluding hydrogens is 311 g/mol. The molecule has 2 aliphatic heterocycles. The summed E-state index contributed by atoms with van der Waals surface area (Å²) in [4.78, 5) is 14.6. The van der Waals surface area contributed by atoms with Gasteiger partial charge in [-0.25, -0.2) is 0 Å². The number of carbonyl (C=O) groups is 1. The standard InChI is InChI=1S/C15H19ClN2O2.ClH/c1-10-8-17-4-5-18(10)15(19)12-6-11-7-13(16)2-3-14(11)20-9-12;/h2-3,7,10,12,17H,4-6,8-9H2,1H3;1H. The Hall–Kier alpha value is -0.970. The maximum Gasteiger partial charge on any atom is 0.229 e. The molecule has 21 heavy (non-hydrogen) atoms. The molecule has 0 spiro atoms. The number of nitrogens with one attached hydrogen (secondary N) is 1. The Bertz CT molecular complexity index is 524. The van der Waals surface area contributed by atoms with Gasteiger partial charge in [-0.05, 0) is 37.1 Å². The second-order valence-corrected chi connectivity index (χ2v) is 5.99. The van der Waals surface area contributed by atoms with Gasteiger partial charge in [-0.3, -0.25) is 4.79 Å². The molecule has 1 saturated heterocycles. The van der Waals surface area contributed by atoms with E-state index in [9.17, 15) is 4.79 Å². The molecule has 0 radical (unpaired) electrons. The fourth-order valence-corrected chi connectivity index (χ4v) is 3.12. The smallest absolute Gasteiger partial charge is 0.229 e. The van der Waals surface area contributed by atoms with Crippen molar-refractivity contribution in [3.05, 3.63) is 28.8 Å². The van der Waals surface area contributed by atoms with Crippen molar-refractivity contribution in [2.75, 3.05) is 26.2 Å². The molecule has 2 atom stereocenters. The van der Waals surface area contributed by atoms with Crippen molar-refractivity contribution in [1.82, 2.24) is 10.2 Å². The molecule has 0 aliphatic carbocycles. The molecule has 1 N–H and O–H groups in total. The number of hydrogen-bond acceptors (Lipinski definition) is 3. The Kier molecular flexibility index (Phi) is 5.36. The van der Waals surface area contributed by atoms with E-state index in [2.05, 4.69) is 12.2 Å². The molecule has 6 heteroatoms. The Morgan fingerprint density at radius 3 is 3.05 bits per heavy atom. The molecule has 0 aromatic heterocycles. The summed E-state index contributed by atoms with van der Waals surface area (Å²) in [5, 5.41) is 3.99. The minimum Gasteiger partial charge on any atom is -0.492 e. The van der Waals surface area contributed by atoms with Crippen molar-refractivity contribution in [3.8, 4) is 5.75 Å². The Morgan fingerprint density at radius 1 is 1.48 bits per heavy atom. The van der Waals surface area contributed by atoms with Crippen molar-refractivity contribution in [1.29, 1.82) is 0 Å². The minimum absolute atomic E-state index is 0. The first kappa shape index (κ1) is 16.4. The largest absolute Gasteiger partial charge is 0.492 e. The maximum atomic E-state index is 12.6. The number of halogens is 2. The highest BCUT2D eigenvalue weighted by molar-refractivity contribution is 6.30. The summed E-state index contributed by atoms with van der Waals surface area (Å²) in [6.07, 6.45) is 0.714. The van der Waals surface area contributed by atoms with E-state index in [0.29, 0.717) is 18.1 Å². The normalized spacial score (nSPS) is 24.6. The zero-order valence-electron chi connectivity index (χ0n) is 12.0. The van der Waals surface area contributed by atoms with Gasteiger partial charge in [-0.15, -0.1) is 12.4 Å². The van der Waals surface area contributed by atoms with E-state index in [1.54, 1.807) is 0 Å². The summed E-state index contributed by atoms with van der Waals surface area (Å²) in [6.45, 7) is 5.05. The number of rotatable bonds is 1. The van der Waals surface area contributed by atoms with Crippen LogP contribution in [0.25, 0.3) is 0 Å². The zero-order chi connectivity index (χ0) is 14.1. The van der Waals surface area contributed by atoms with E-state index < -0.39 is 0 Å². The third-order valence-corrected chi connectivity index (χ3v) is 4.30. The summed E-state index contributed by atoms with van der Waals surface area (Å²) in [7, 11) is 0. The fraction of sp³-hybridized carbons (Fsp3) is 0.533. The van der Waals surface area contributed by atoms with Crippen LogP contribution in [0.4, 0.5) is 0 Å². The van der Waals surface area contributed by atoms with E-state index in [0.717, 1.165) is 30.9 Å². The van der Waals surface area contributed by atoms with Gasteiger partial charge in [0.2, 0.25) is 5.91 Å². The SMILES string of the molecule is CC1CNCCN1C(=O)C1COc2ccc(Cl)cc2C1.Cl. The van der Waals surface area contributed by atoms with Crippen LogP contribution in [-0.2, 0) is 11.2 Å². The average molecular weight is 331 g/mol. The van der Waals surface area contributed by atoms with Crippen LogP contribution < -0.4 is 10.1 Å². The average Bonchev–Trinajstić information content (AvgIpc) is 2.46. The maximum absolute atomic E-state index is 12.6. The summed E-state index contributed by atoms with van der Waals surface area (Å²) in [5.41, 5.74) is 1.03. The van der Waals surface area contributed by atoms with E-state index in [4.69, 9.17) is 16.3 Å². The van der Waals surface area contributed by atoms with E-state index in [-0.39, 0.29) is 30.3 Å². The molecule has 2 unspecified atom stereocenters. The predicted octanol–water partition coefficient (Wildman–Crippen LogP) is 2.13. The molecule has 4 nitrogen and oxygen atoms in total. The summed E-state index contributed by atoms with van der Waals surface area (Å²) in [5.74, 6) is 0.956. The van der Waals surface area contributed by atoms with Gasteiger partial charge in [0.1, 0.15) is 12.4 Å². The molecule has 1 fully saturated rings. The lowest BCUT2D eigenvalue weighted by Gasteiger charge is -2.37. The molecule has 2 heterocycles. The first-order chi connectivity index (χ1) is 9.65. The highest BCUT2D eigenvalue weighted by Crippen LogP contribution is 2.30. The van der Waals surface area contributed by atoms with E-state index in [1.807, 2.05) is 23.1 Å². The van der Waals surface area contributed by atoms with Crippen LogP contribution in [0.2, 0.25) is 5.02 Å². The number of amides is 1. The second-order valence-electron chi connectivity index (χ2n) is 5.55. The van der Waals surface area contributed by atoms with Crippen molar-refractivity contribution in [2.45, 2.75) is 19.4 Å². The van der Waals surface area contributed by atoms with Crippen LogP contribution in [0.15, 0.2) is 18.2 Å². The first-order valence-corrected chi connectivity index (χ1v) is 7.45. The van der Waals surface area contributed by atoms with Crippen LogP contribution in [0.3, 0.4) is 0 Å². The molecule has 3 rings (SSSR count). The van der Waals surface area contributed by atoms with E-state index in [1.165, 1.54) is 0 Å². The Balaban J connectivity index is 0.00000161. The van der Waals surface area contributed by atoms with Gasteiger partial charge < -0.3 is 15.0 Å². The van der Waals surface area contributed by atoms with Crippen molar-refractivity contribution in [3.63, 3.8) is 0 Å². The number of nitrogens with zero attached hydrogens (tertiary/aromatic N) is 1. The van der Waals surface area contributed by atoms with Crippen LogP contribution in [0, 0.1) is 5.92 Å². The molecule has 1 amide bonds. The van der Waals surface area contributed by atoms with Gasteiger partial charge >= 0.3 is 0 Å². The lowest BCUT2D eigenvalue weighted by molar-refractivity contribution is -0.139. The molecule has 0 saturated carbocycles. The van der Waals surface area contributed by atoms with E-state index >= 15 is 0 Å². The van der Waals surface area contributed by atoms with Gasteiger partial charge in [0.15, 0.2) is 0 Å². The van der Waals surface area contributed by atoms with Gasteiger partial charge in [0.25, 0.3) is 0 Å². The summed E-state index contributed by atoms with van der Waals surface area (Å²) in [6, 6.07) is 5.85. The zero-order valence-corrected chi connectivity index (χ0v) is 13.5. The number of benzene rings is 1. The van der Waals surface area contributed by atoms with Gasteiger partial charge in [-0.2, -0.15) is 0 Å². The minimum atomic E-state index is -0.0958. The van der Waals surface area contributed by atoms with Crippen molar-refractivity contribution in [2.24, 2.45) is 5.92 Å². The van der Waals surface area contributed by atoms with Crippen molar-refractivity contribution >= 4 is 29.9 Å². The van der Waals surface area contributed by atoms with Crippen LogP contribution >= 0.6 is 24.0 Å². The molecular formula is C15H20Cl2N2O2. The van der Waals surface area contributed by atoms with Gasteiger partial charge in [0.05, 0.1) is 5.92 Å². The van der Waals surface area contributed by atoms with Gasteiger partial charge in [0, 0.05) is 30.7 Å². The lowest BCUT2D eigenvalue weighted by atomic mass is 9.94. The fourth-order valence-electron chi connectivity index (χ4n) is 2.92. The topological polar surface area (TPSA) is 41.6 Å². The van der Waals surface area contributed by atoms with Crippen molar-refractivity contribution < 1.29 is 9.53 Å². The predicted molar refractivity (Wildman–Crippen MR) is 85.4 cm³/mol.